The first-order valence-corrected chi connectivity index (χ1v) is 10.7. The number of hydrogen-bond acceptors (Lipinski definition) is 5. The van der Waals surface area contributed by atoms with E-state index in [-0.39, 0.29) is 18.7 Å². The minimum atomic E-state index is -0.776. The van der Waals surface area contributed by atoms with Crippen LogP contribution in [0.5, 0.6) is 11.5 Å². The van der Waals surface area contributed by atoms with Gasteiger partial charge in [0.1, 0.15) is 0 Å². The van der Waals surface area contributed by atoms with Crippen LogP contribution in [0.25, 0.3) is 11.1 Å². The minimum Gasteiger partial charge on any atom is -0.454 e. The van der Waals surface area contributed by atoms with Crippen molar-refractivity contribution in [1.82, 2.24) is 4.90 Å². The Morgan fingerprint density at radius 3 is 2.62 bits per heavy atom. The monoisotopic (exact) mass is 447 g/mol. The first-order chi connectivity index (χ1) is 15.5. The number of nitrogens with zero attached hydrogens (tertiary/aromatic N) is 1. The predicted molar refractivity (Wildman–Crippen MR) is 117 cm³/mol. The van der Waals surface area contributed by atoms with E-state index in [1.54, 1.807) is 23.1 Å². The number of carbonyl (C=O) groups is 2. The number of benzene rings is 3. The Hall–Kier alpha value is -3.51. The molecular formula is C25H18ClNO5. The first kappa shape index (κ1) is 19.2. The van der Waals surface area contributed by atoms with Gasteiger partial charge in [-0.1, -0.05) is 41.9 Å². The predicted octanol–water partition coefficient (Wildman–Crippen LogP) is 4.65. The van der Waals surface area contributed by atoms with Crippen LogP contribution in [0.1, 0.15) is 32.7 Å². The molecule has 0 N–H and O–H groups in total. The molecule has 3 aliphatic heterocycles. The van der Waals surface area contributed by atoms with Crippen molar-refractivity contribution in [2.24, 2.45) is 0 Å². The van der Waals surface area contributed by atoms with Gasteiger partial charge in [-0.05, 0) is 41.5 Å². The van der Waals surface area contributed by atoms with Crippen molar-refractivity contribution in [3.8, 4) is 22.6 Å². The van der Waals surface area contributed by atoms with Crippen LogP contribution in [0.2, 0.25) is 5.02 Å². The van der Waals surface area contributed by atoms with E-state index in [1.807, 2.05) is 42.5 Å². The zero-order chi connectivity index (χ0) is 21.9. The molecule has 0 bridgehead atoms. The summed E-state index contributed by atoms with van der Waals surface area (Å²) in [7, 11) is 0. The van der Waals surface area contributed by atoms with Gasteiger partial charge in [0.15, 0.2) is 17.1 Å². The summed E-state index contributed by atoms with van der Waals surface area (Å²) >= 11 is 6.54. The largest absolute Gasteiger partial charge is 0.454 e. The molecule has 160 valence electrons. The molecule has 0 radical (unpaired) electrons. The van der Waals surface area contributed by atoms with Gasteiger partial charge in [0.2, 0.25) is 6.79 Å². The van der Waals surface area contributed by atoms with Crippen LogP contribution in [0, 0.1) is 0 Å². The van der Waals surface area contributed by atoms with Gasteiger partial charge in [0.25, 0.3) is 5.91 Å². The lowest BCUT2D eigenvalue weighted by molar-refractivity contribution is -0.00306. The summed E-state index contributed by atoms with van der Waals surface area (Å²) in [5.41, 5.74) is 2.87. The molecule has 0 aromatic heterocycles. The summed E-state index contributed by atoms with van der Waals surface area (Å²) < 4.78 is 16.6. The van der Waals surface area contributed by atoms with Crippen molar-refractivity contribution >= 4 is 23.5 Å². The number of ether oxygens (including phenoxy) is 3. The number of likely N-dealkylation sites (tertiary alicyclic amines) is 1. The number of carbonyl (C=O) groups excluding carboxylic acids is 2. The molecule has 6 rings (SSSR count). The van der Waals surface area contributed by atoms with Crippen LogP contribution in [-0.4, -0.2) is 36.7 Å². The first-order valence-electron chi connectivity index (χ1n) is 10.4. The highest BCUT2D eigenvalue weighted by molar-refractivity contribution is 6.34. The fourth-order valence-corrected chi connectivity index (χ4v) is 4.98. The zero-order valence-corrected chi connectivity index (χ0v) is 17.7. The summed E-state index contributed by atoms with van der Waals surface area (Å²) in [6, 6.07) is 18.4. The molecular weight excluding hydrogens is 430 g/mol. The van der Waals surface area contributed by atoms with Crippen LogP contribution in [0.15, 0.2) is 60.7 Å². The third-order valence-corrected chi connectivity index (χ3v) is 6.66. The molecule has 6 nitrogen and oxygen atoms in total. The standard InChI is InChI=1S/C25H18ClNO5/c26-20-11-15(16-6-8-21-22(12-16)31-14-30-21)5-7-18(20)23(28)27-10-9-25(13-27)19-4-2-1-3-17(19)24(29)32-25/h1-8,11-12H,9-10,13-14H2/t25-/m0/s1. The van der Waals surface area contributed by atoms with Gasteiger partial charge in [-0.2, -0.15) is 0 Å². The van der Waals surface area contributed by atoms with Crippen LogP contribution in [-0.2, 0) is 10.3 Å². The normalized spacial score (nSPS) is 20.5. The third kappa shape index (κ3) is 2.87. The van der Waals surface area contributed by atoms with Gasteiger partial charge in [-0.15, -0.1) is 0 Å². The number of hydrogen-bond donors (Lipinski definition) is 0. The maximum Gasteiger partial charge on any atom is 0.339 e. The van der Waals surface area contributed by atoms with Gasteiger partial charge >= 0.3 is 5.97 Å². The van der Waals surface area contributed by atoms with E-state index in [4.69, 9.17) is 25.8 Å². The van der Waals surface area contributed by atoms with Gasteiger partial charge in [0, 0.05) is 18.5 Å². The quantitative estimate of drug-likeness (QED) is 0.535. The second-order valence-electron chi connectivity index (χ2n) is 8.17. The molecule has 3 aliphatic rings. The topological polar surface area (TPSA) is 65.1 Å². The highest BCUT2D eigenvalue weighted by Crippen LogP contribution is 2.44. The molecule has 0 saturated carbocycles. The summed E-state index contributed by atoms with van der Waals surface area (Å²) in [5, 5.41) is 0.370. The molecule has 3 heterocycles. The molecule has 1 fully saturated rings. The number of amides is 1. The van der Waals surface area contributed by atoms with Gasteiger partial charge < -0.3 is 19.1 Å². The van der Waals surface area contributed by atoms with Crippen LogP contribution in [0.4, 0.5) is 0 Å². The van der Waals surface area contributed by atoms with Crippen LogP contribution >= 0.6 is 11.6 Å². The molecule has 1 atom stereocenters. The summed E-state index contributed by atoms with van der Waals surface area (Å²) in [6.07, 6.45) is 0.564. The molecule has 0 aliphatic carbocycles. The zero-order valence-electron chi connectivity index (χ0n) is 17.0. The Morgan fingerprint density at radius 1 is 0.969 bits per heavy atom. The molecule has 32 heavy (non-hydrogen) atoms. The maximum absolute atomic E-state index is 13.3. The molecule has 3 aromatic carbocycles. The smallest absolute Gasteiger partial charge is 0.339 e. The van der Waals surface area contributed by atoms with Crippen molar-refractivity contribution in [1.29, 1.82) is 0 Å². The second-order valence-corrected chi connectivity index (χ2v) is 8.58. The molecule has 0 unspecified atom stereocenters. The average molecular weight is 448 g/mol. The highest BCUT2D eigenvalue weighted by Gasteiger charge is 2.51. The van der Waals surface area contributed by atoms with E-state index < -0.39 is 5.60 Å². The Bertz CT molecular complexity index is 1290. The lowest BCUT2D eigenvalue weighted by atomic mass is 9.91. The molecule has 7 heteroatoms. The number of esters is 1. The van der Waals surface area contributed by atoms with Crippen LogP contribution in [0.3, 0.4) is 0 Å². The highest BCUT2D eigenvalue weighted by atomic mass is 35.5. The average Bonchev–Trinajstić information content (AvgIpc) is 3.52. The Labute approximate surface area is 189 Å². The van der Waals surface area contributed by atoms with Gasteiger partial charge in [-0.25, -0.2) is 4.79 Å². The van der Waals surface area contributed by atoms with Crippen molar-refractivity contribution in [3.63, 3.8) is 0 Å². The van der Waals surface area contributed by atoms with E-state index in [0.29, 0.717) is 47.2 Å². The number of halogens is 1. The van der Waals surface area contributed by atoms with E-state index in [0.717, 1.165) is 16.7 Å². The molecule has 3 aromatic rings. The van der Waals surface area contributed by atoms with E-state index in [2.05, 4.69) is 0 Å². The number of fused-ring (bicyclic) bond motifs is 3. The SMILES string of the molecule is O=C1O[C@]2(CCN(C(=O)c3ccc(-c4ccc5c(c4)OCO5)cc3Cl)C2)c2ccccc21. The summed E-state index contributed by atoms with van der Waals surface area (Å²) in [6.45, 7) is 1.01. The van der Waals surface area contributed by atoms with E-state index >= 15 is 0 Å². The summed E-state index contributed by atoms with van der Waals surface area (Å²) in [4.78, 5) is 27.3. The third-order valence-electron chi connectivity index (χ3n) is 6.35. The lowest BCUT2D eigenvalue weighted by Crippen LogP contribution is -2.34. The van der Waals surface area contributed by atoms with Crippen molar-refractivity contribution < 1.29 is 23.8 Å². The second kappa shape index (κ2) is 7.00. The van der Waals surface area contributed by atoms with Gasteiger partial charge in [-0.3, -0.25) is 4.79 Å². The molecule has 1 amide bonds. The van der Waals surface area contributed by atoms with E-state index in [9.17, 15) is 9.59 Å². The Morgan fingerprint density at radius 2 is 1.75 bits per heavy atom. The van der Waals surface area contributed by atoms with E-state index in [1.165, 1.54) is 0 Å². The fourth-order valence-electron chi connectivity index (χ4n) is 4.72. The molecule has 1 spiro atoms. The lowest BCUT2D eigenvalue weighted by Gasteiger charge is -2.24. The van der Waals surface area contributed by atoms with Crippen molar-refractivity contribution in [2.45, 2.75) is 12.0 Å². The maximum atomic E-state index is 13.3. The van der Waals surface area contributed by atoms with Crippen LogP contribution < -0.4 is 9.47 Å². The molecule has 1 saturated heterocycles. The minimum absolute atomic E-state index is 0.176. The summed E-state index contributed by atoms with van der Waals surface area (Å²) in [5.74, 6) is 0.891. The Kier molecular flexibility index (Phi) is 4.20. The number of rotatable bonds is 2. The fraction of sp³-hybridized carbons (Fsp3) is 0.200. The van der Waals surface area contributed by atoms with Crippen molar-refractivity contribution in [2.75, 3.05) is 19.9 Å². The Balaban J connectivity index is 1.26. The van der Waals surface area contributed by atoms with Gasteiger partial charge in [0.05, 0.1) is 22.7 Å². The van der Waals surface area contributed by atoms with Crippen molar-refractivity contribution in [3.05, 3.63) is 82.4 Å².